The van der Waals surface area contributed by atoms with Crippen LogP contribution < -0.4 is 5.73 Å². The van der Waals surface area contributed by atoms with Crippen LogP contribution in [0.5, 0.6) is 5.75 Å². The molecule has 4 heteroatoms. The van der Waals surface area contributed by atoms with E-state index < -0.39 is 0 Å². The number of phenols is 1. The molecule has 0 amide bonds. The molecule has 0 unspecified atom stereocenters. The summed E-state index contributed by atoms with van der Waals surface area (Å²) < 4.78 is 0. The summed E-state index contributed by atoms with van der Waals surface area (Å²) in [5.74, 6) is 0.301. The van der Waals surface area contributed by atoms with Gasteiger partial charge in [0.2, 0.25) is 0 Å². The molecule has 1 aromatic heterocycles. The quantitative estimate of drug-likeness (QED) is 0.319. The van der Waals surface area contributed by atoms with Crippen LogP contribution in [-0.4, -0.2) is 15.9 Å². The summed E-state index contributed by atoms with van der Waals surface area (Å²) >= 11 is 0. The first-order valence-electron chi connectivity index (χ1n) is 8.40. The molecule has 0 aliphatic heterocycles. The molecule has 0 bridgehead atoms. The fourth-order valence-electron chi connectivity index (χ4n) is 3.34. The number of aryl methyl sites for hydroxylation is 1. The highest BCUT2D eigenvalue weighted by atomic mass is 16.3. The van der Waals surface area contributed by atoms with Gasteiger partial charge in [0.05, 0.1) is 5.69 Å². The molecule has 4 rings (SSSR count). The number of benzene rings is 3. The van der Waals surface area contributed by atoms with Crippen molar-refractivity contribution in [3.05, 3.63) is 77.9 Å². The summed E-state index contributed by atoms with van der Waals surface area (Å²) in [6.45, 7) is 1.93. The topological polar surface area (TPSA) is 85.9 Å². The third-order valence-corrected chi connectivity index (χ3v) is 4.67. The van der Waals surface area contributed by atoms with Crippen molar-refractivity contribution >= 4 is 16.7 Å². The summed E-state index contributed by atoms with van der Waals surface area (Å²) in [4.78, 5) is 3.37. The molecule has 0 aliphatic rings. The largest absolute Gasteiger partial charge is 0.507 e. The van der Waals surface area contributed by atoms with Crippen LogP contribution in [0.15, 0.2) is 66.7 Å². The zero-order valence-electron chi connectivity index (χ0n) is 14.4. The van der Waals surface area contributed by atoms with Crippen molar-refractivity contribution < 1.29 is 5.11 Å². The van der Waals surface area contributed by atoms with Crippen molar-refractivity contribution in [1.29, 1.82) is 5.41 Å². The number of aromatic nitrogens is 1. The second kappa shape index (κ2) is 6.08. The van der Waals surface area contributed by atoms with E-state index >= 15 is 0 Å². The zero-order valence-corrected chi connectivity index (χ0v) is 14.4. The van der Waals surface area contributed by atoms with E-state index in [-0.39, 0.29) is 11.6 Å². The summed E-state index contributed by atoms with van der Waals surface area (Å²) in [6, 6.07) is 21.4. The Morgan fingerprint density at radius 3 is 2.42 bits per heavy atom. The van der Waals surface area contributed by atoms with Gasteiger partial charge in [0.1, 0.15) is 11.6 Å². The number of aromatic amines is 1. The second-order valence-electron chi connectivity index (χ2n) is 6.42. The molecule has 5 N–H and O–H groups in total. The number of rotatable bonds is 3. The van der Waals surface area contributed by atoms with Gasteiger partial charge in [-0.2, -0.15) is 0 Å². The van der Waals surface area contributed by atoms with Crippen LogP contribution >= 0.6 is 0 Å². The number of nitrogen functional groups attached to an aromatic ring is 1. The maximum Gasteiger partial charge on any atom is 0.132 e. The number of aromatic hydroxyl groups is 1. The minimum atomic E-state index is 0.0565. The van der Waals surface area contributed by atoms with Gasteiger partial charge in [-0.05, 0) is 42.3 Å². The summed E-state index contributed by atoms with van der Waals surface area (Å²) in [6.07, 6.45) is 0. The van der Waals surface area contributed by atoms with Crippen LogP contribution in [0.4, 0.5) is 0 Å². The van der Waals surface area contributed by atoms with Crippen LogP contribution in [0.25, 0.3) is 33.3 Å². The fourth-order valence-corrected chi connectivity index (χ4v) is 3.34. The number of phenolic OH excluding ortho intramolecular Hbond substituents is 1. The van der Waals surface area contributed by atoms with E-state index in [0.717, 1.165) is 44.4 Å². The number of nitrogens with one attached hydrogen (secondary N) is 2. The van der Waals surface area contributed by atoms with Crippen LogP contribution in [0, 0.1) is 12.3 Å². The number of nitrogens with two attached hydrogens (primary N) is 1. The summed E-state index contributed by atoms with van der Waals surface area (Å²) in [7, 11) is 0. The first kappa shape index (κ1) is 16.0. The highest BCUT2D eigenvalue weighted by Gasteiger charge is 2.14. The highest BCUT2D eigenvalue weighted by molar-refractivity contribution is 6.01. The Bertz CT molecular complexity index is 1130. The highest BCUT2D eigenvalue weighted by Crippen LogP contribution is 2.38. The normalized spacial score (nSPS) is 11.0. The van der Waals surface area contributed by atoms with Gasteiger partial charge in [0.25, 0.3) is 0 Å². The van der Waals surface area contributed by atoms with Crippen molar-refractivity contribution in [1.82, 2.24) is 4.98 Å². The fraction of sp³-hybridized carbons (Fsp3) is 0.0455. The molecule has 4 nitrogen and oxygen atoms in total. The van der Waals surface area contributed by atoms with Crippen LogP contribution in [0.2, 0.25) is 0 Å². The van der Waals surface area contributed by atoms with E-state index in [1.54, 1.807) is 0 Å². The Morgan fingerprint density at radius 1 is 0.962 bits per heavy atom. The van der Waals surface area contributed by atoms with Gasteiger partial charge in [-0.25, -0.2) is 0 Å². The van der Waals surface area contributed by atoms with Crippen molar-refractivity contribution in [2.45, 2.75) is 6.92 Å². The van der Waals surface area contributed by atoms with Gasteiger partial charge in [0.15, 0.2) is 0 Å². The van der Waals surface area contributed by atoms with Crippen LogP contribution in [0.1, 0.15) is 11.1 Å². The molecule has 1 heterocycles. The van der Waals surface area contributed by atoms with Crippen molar-refractivity contribution in [3.8, 4) is 28.1 Å². The lowest BCUT2D eigenvalue weighted by molar-refractivity contribution is 0.479. The zero-order chi connectivity index (χ0) is 18.3. The van der Waals surface area contributed by atoms with Gasteiger partial charge >= 0.3 is 0 Å². The first-order valence-corrected chi connectivity index (χ1v) is 8.40. The Labute approximate surface area is 151 Å². The molecule has 0 fully saturated rings. The Balaban J connectivity index is 1.87. The average molecular weight is 341 g/mol. The second-order valence-corrected chi connectivity index (χ2v) is 6.42. The minimum absolute atomic E-state index is 0.0565. The van der Waals surface area contributed by atoms with Gasteiger partial charge < -0.3 is 15.8 Å². The molecule has 128 valence electrons. The summed E-state index contributed by atoms with van der Waals surface area (Å²) in [5.41, 5.74) is 11.6. The predicted molar refractivity (Wildman–Crippen MR) is 107 cm³/mol. The maximum absolute atomic E-state index is 10.8. The SMILES string of the molecule is Cc1cc2[nH]c(-c3cccc(-c4ccccc4)c3O)cc2cc1C(=N)N. The number of H-pyrrole nitrogens is 1. The van der Waals surface area contributed by atoms with E-state index in [0.29, 0.717) is 0 Å². The van der Waals surface area contributed by atoms with E-state index in [9.17, 15) is 5.11 Å². The van der Waals surface area contributed by atoms with E-state index in [1.807, 2.05) is 73.7 Å². The number of hydrogen-bond donors (Lipinski definition) is 4. The van der Waals surface area contributed by atoms with Gasteiger partial charge in [0, 0.05) is 27.6 Å². The smallest absolute Gasteiger partial charge is 0.132 e. The summed E-state index contributed by atoms with van der Waals surface area (Å²) in [5, 5.41) is 19.5. The first-order chi connectivity index (χ1) is 12.5. The lowest BCUT2D eigenvalue weighted by atomic mass is 10.00. The standard InChI is InChI=1S/C22H19N3O/c1-13-10-19-15(11-18(13)22(23)24)12-20(25-19)17-9-5-8-16(21(17)26)14-6-3-2-4-7-14/h2-12,25-26H,1H3,(H3,23,24). The molecule has 0 aliphatic carbocycles. The minimum Gasteiger partial charge on any atom is -0.507 e. The van der Waals surface area contributed by atoms with E-state index in [2.05, 4.69) is 4.98 Å². The lowest BCUT2D eigenvalue weighted by Crippen LogP contribution is -2.12. The van der Waals surface area contributed by atoms with Crippen LogP contribution in [0.3, 0.4) is 0 Å². The lowest BCUT2D eigenvalue weighted by Gasteiger charge is -2.09. The third kappa shape index (κ3) is 2.62. The Kier molecular flexibility index (Phi) is 3.73. The number of fused-ring (bicyclic) bond motifs is 1. The van der Waals surface area contributed by atoms with Crippen molar-refractivity contribution in [2.75, 3.05) is 0 Å². The van der Waals surface area contributed by atoms with Crippen molar-refractivity contribution in [2.24, 2.45) is 5.73 Å². The Hall–Kier alpha value is -3.53. The van der Waals surface area contributed by atoms with E-state index in [1.165, 1.54) is 0 Å². The van der Waals surface area contributed by atoms with Crippen molar-refractivity contribution in [3.63, 3.8) is 0 Å². The number of para-hydroxylation sites is 1. The maximum atomic E-state index is 10.8. The molecule has 4 aromatic rings. The monoisotopic (exact) mass is 341 g/mol. The molecule has 0 atom stereocenters. The van der Waals surface area contributed by atoms with E-state index in [4.69, 9.17) is 11.1 Å². The molecule has 0 spiro atoms. The Morgan fingerprint density at radius 2 is 1.69 bits per heavy atom. The molecular weight excluding hydrogens is 322 g/mol. The molecule has 3 aromatic carbocycles. The third-order valence-electron chi connectivity index (χ3n) is 4.67. The average Bonchev–Trinajstić information content (AvgIpc) is 3.04. The van der Waals surface area contributed by atoms with Gasteiger partial charge in [-0.1, -0.05) is 42.5 Å². The van der Waals surface area contributed by atoms with Crippen LogP contribution in [-0.2, 0) is 0 Å². The number of amidine groups is 1. The van der Waals surface area contributed by atoms with Gasteiger partial charge in [-0.15, -0.1) is 0 Å². The van der Waals surface area contributed by atoms with Gasteiger partial charge in [-0.3, -0.25) is 5.41 Å². The molecule has 0 saturated carbocycles. The molecule has 0 saturated heterocycles. The molecular formula is C22H19N3O. The predicted octanol–water partition coefficient (Wildman–Crippen LogP) is 4.80. The molecule has 26 heavy (non-hydrogen) atoms. The number of hydrogen-bond acceptors (Lipinski definition) is 2. The molecule has 0 radical (unpaired) electrons.